The molecule has 16 heavy (non-hydrogen) atoms. The fourth-order valence-electron chi connectivity index (χ4n) is 2.55. The zero-order chi connectivity index (χ0) is 11.5. The Morgan fingerprint density at radius 1 is 1.44 bits per heavy atom. The van der Waals surface area contributed by atoms with Crippen LogP contribution in [0.2, 0.25) is 0 Å². The van der Waals surface area contributed by atoms with E-state index in [1.54, 1.807) is 0 Å². The van der Waals surface area contributed by atoms with Crippen LogP contribution in [0.1, 0.15) is 32.1 Å². The monoisotopic (exact) mass is 227 g/mol. The number of rotatable bonds is 5. The quantitative estimate of drug-likeness (QED) is 0.770. The molecule has 0 radical (unpaired) electrons. The second kappa shape index (κ2) is 5.15. The van der Waals surface area contributed by atoms with Gasteiger partial charge in [-0.25, -0.2) is 0 Å². The van der Waals surface area contributed by atoms with Crippen LogP contribution in [0.25, 0.3) is 0 Å². The lowest BCUT2D eigenvalue weighted by molar-refractivity contribution is -0.144. The zero-order valence-electron chi connectivity index (χ0n) is 9.89. The second-order valence-electron chi connectivity index (χ2n) is 5.05. The minimum Gasteiger partial charge on any atom is -0.480 e. The number of likely N-dealkylation sites (N-methyl/N-ethyl adjacent to an activating group) is 1. The van der Waals surface area contributed by atoms with E-state index < -0.39 is 5.97 Å². The predicted octanol–water partition coefficient (Wildman–Crippen LogP) is 1.35. The molecule has 0 spiro atoms. The average Bonchev–Trinajstić information content (AvgIpc) is 3.03. The highest BCUT2D eigenvalue weighted by molar-refractivity contribution is 5.74. The number of ether oxygens (including phenoxy) is 1. The van der Waals surface area contributed by atoms with Crippen LogP contribution in [0.15, 0.2) is 0 Å². The lowest BCUT2D eigenvalue weighted by atomic mass is 10.1. The van der Waals surface area contributed by atoms with E-state index in [0.29, 0.717) is 5.92 Å². The van der Waals surface area contributed by atoms with Gasteiger partial charge in [-0.1, -0.05) is 0 Å². The minimum atomic E-state index is -0.680. The molecule has 1 aliphatic heterocycles. The molecule has 2 aliphatic rings. The SMILES string of the molecule is CN(CC1CCCCO1)C(C(=O)O)C1CC1. The molecule has 92 valence electrons. The van der Waals surface area contributed by atoms with Gasteiger partial charge in [0.2, 0.25) is 0 Å². The first-order valence-electron chi connectivity index (χ1n) is 6.23. The molecule has 0 aromatic carbocycles. The molecule has 4 nitrogen and oxygen atoms in total. The van der Waals surface area contributed by atoms with E-state index in [-0.39, 0.29) is 12.1 Å². The molecule has 0 aromatic heterocycles. The van der Waals surface area contributed by atoms with E-state index in [1.807, 2.05) is 11.9 Å². The third-order valence-corrected chi connectivity index (χ3v) is 3.56. The summed E-state index contributed by atoms with van der Waals surface area (Å²) in [5.74, 6) is -0.313. The Bertz CT molecular complexity index is 247. The van der Waals surface area contributed by atoms with Gasteiger partial charge in [-0.2, -0.15) is 0 Å². The van der Waals surface area contributed by atoms with Gasteiger partial charge >= 0.3 is 5.97 Å². The van der Waals surface area contributed by atoms with Gasteiger partial charge in [0, 0.05) is 13.2 Å². The fourth-order valence-corrected chi connectivity index (χ4v) is 2.55. The van der Waals surface area contributed by atoms with Crippen molar-refractivity contribution < 1.29 is 14.6 Å². The molecule has 2 fully saturated rings. The summed E-state index contributed by atoms with van der Waals surface area (Å²) >= 11 is 0. The number of aliphatic carboxylic acids is 1. The Hall–Kier alpha value is -0.610. The predicted molar refractivity (Wildman–Crippen MR) is 60.4 cm³/mol. The Labute approximate surface area is 96.6 Å². The Kier molecular flexibility index (Phi) is 3.82. The van der Waals surface area contributed by atoms with E-state index >= 15 is 0 Å². The minimum absolute atomic E-state index is 0.236. The molecular formula is C12H21NO3. The molecule has 2 rings (SSSR count). The molecule has 4 heteroatoms. The summed E-state index contributed by atoms with van der Waals surface area (Å²) in [6.45, 7) is 1.59. The van der Waals surface area contributed by atoms with Crippen molar-refractivity contribution in [3.05, 3.63) is 0 Å². The normalized spacial score (nSPS) is 28.0. The maximum absolute atomic E-state index is 11.2. The van der Waals surface area contributed by atoms with Crippen LogP contribution in [0.3, 0.4) is 0 Å². The smallest absolute Gasteiger partial charge is 0.321 e. The van der Waals surface area contributed by atoms with Gasteiger partial charge in [-0.15, -0.1) is 0 Å². The van der Waals surface area contributed by atoms with Crippen molar-refractivity contribution in [2.75, 3.05) is 20.2 Å². The molecule has 1 N–H and O–H groups in total. The molecule has 2 unspecified atom stereocenters. The Morgan fingerprint density at radius 2 is 2.19 bits per heavy atom. The van der Waals surface area contributed by atoms with Crippen molar-refractivity contribution in [1.82, 2.24) is 4.90 Å². The first-order valence-corrected chi connectivity index (χ1v) is 6.23. The average molecular weight is 227 g/mol. The largest absolute Gasteiger partial charge is 0.480 e. The van der Waals surface area contributed by atoms with Crippen LogP contribution in [0, 0.1) is 5.92 Å². The van der Waals surface area contributed by atoms with Crippen LogP contribution >= 0.6 is 0 Å². The van der Waals surface area contributed by atoms with Gasteiger partial charge in [-0.3, -0.25) is 9.69 Å². The molecule has 1 saturated carbocycles. The van der Waals surface area contributed by atoms with Gasteiger partial charge in [0.05, 0.1) is 6.10 Å². The van der Waals surface area contributed by atoms with Crippen molar-refractivity contribution in [3.63, 3.8) is 0 Å². The van der Waals surface area contributed by atoms with Crippen molar-refractivity contribution >= 4 is 5.97 Å². The van der Waals surface area contributed by atoms with Gasteiger partial charge in [0.15, 0.2) is 0 Å². The zero-order valence-corrected chi connectivity index (χ0v) is 9.89. The number of hydrogen-bond donors (Lipinski definition) is 1. The maximum Gasteiger partial charge on any atom is 0.321 e. The number of carbonyl (C=O) groups is 1. The summed E-state index contributed by atoms with van der Waals surface area (Å²) in [7, 11) is 1.91. The summed E-state index contributed by atoms with van der Waals surface area (Å²) in [5, 5.41) is 9.20. The topological polar surface area (TPSA) is 49.8 Å². The summed E-state index contributed by atoms with van der Waals surface area (Å²) in [6, 6.07) is -0.300. The van der Waals surface area contributed by atoms with E-state index in [0.717, 1.165) is 38.8 Å². The summed E-state index contributed by atoms with van der Waals surface area (Å²) in [6.07, 6.45) is 5.78. The maximum atomic E-state index is 11.2. The number of carboxylic acid groups (broad SMARTS) is 1. The van der Waals surface area contributed by atoms with Crippen LogP contribution < -0.4 is 0 Å². The van der Waals surface area contributed by atoms with E-state index in [1.165, 1.54) is 6.42 Å². The first-order chi connectivity index (χ1) is 7.68. The first kappa shape index (κ1) is 11.9. The summed E-state index contributed by atoms with van der Waals surface area (Å²) in [4.78, 5) is 13.1. The van der Waals surface area contributed by atoms with Crippen molar-refractivity contribution in [2.24, 2.45) is 5.92 Å². The molecule has 1 aliphatic carbocycles. The fraction of sp³-hybridized carbons (Fsp3) is 0.917. The van der Waals surface area contributed by atoms with Gasteiger partial charge in [-0.05, 0) is 45.1 Å². The Balaban J connectivity index is 1.84. The van der Waals surface area contributed by atoms with Gasteiger partial charge in [0.25, 0.3) is 0 Å². The lowest BCUT2D eigenvalue weighted by Crippen LogP contribution is -2.45. The lowest BCUT2D eigenvalue weighted by Gasteiger charge is -2.30. The third kappa shape index (κ3) is 2.95. The number of hydrogen-bond acceptors (Lipinski definition) is 3. The molecule has 2 atom stereocenters. The molecule has 1 heterocycles. The summed E-state index contributed by atoms with van der Waals surface area (Å²) in [5.41, 5.74) is 0. The molecule has 0 bridgehead atoms. The van der Waals surface area contributed by atoms with Crippen LogP contribution in [0.5, 0.6) is 0 Å². The highest BCUT2D eigenvalue weighted by atomic mass is 16.5. The highest BCUT2D eigenvalue weighted by Gasteiger charge is 2.39. The van der Waals surface area contributed by atoms with Gasteiger partial charge < -0.3 is 9.84 Å². The summed E-state index contributed by atoms with van der Waals surface area (Å²) < 4.78 is 5.64. The van der Waals surface area contributed by atoms with Crippen molar-refractivity contribution in [1.29, 1.82) is 0 Å². The standard InChI is InChI=1S/C12H21NO3/c1-13(8-10-4-2-3-7-16-10)11(12(14)15)9-5-6-9/h9-11H,2-8H2,1H3,(H,14,15). The molecule has 0 aromatic rings. The van der Waals surface area contributed by atoms with Gasteiger partial charge in [0.1, 0.15) is 6.04 Å². The van der Waals surface area contributed by atoms with Crippen molar-refractivity contribution in [3.8, 4) is 0 Å². The third-order valence-electron chi connectivity index (χ3n) is 3.56. The molecule has 0 amide bonds. The Morgan fingerprint density at radius 3 is 2.69 bits per heavy atom. The second-order valence-corrected chi connectivity index (χ2v) is 5.05. The number of nitrogens with zero attached hydrogens (tertiary/aromatic N) is 1. The van der Waals surface area contributed by atoms with Crippen molar-refractivity contribution in [2.45, 2.75) is 44.2 Å². The van der Waals surface area contributed by atoms with Crippen LogP contribution in [0.4, 0.5) is 0 Å². The van der Waals surface area contributed by atoms with E-state index in [4.69, 9.17) is 4.74 Å². The number of carboxylic acids is 1. The van der Waals surface area contributed by atoms with E-state index in [2.05, 4.69) is 0 Å². The van der Waals surface area contributed by atoms with Crippen LogP contribution in [-0.4, -0.2) is 48.3 Å². The highest BCUT2D eigenvalue weighted by Crippen LogP contribution is 2.35. The van der Waals surface area contributed by atoms with Crippen LogP contribution in [-0.2, 0) is 9.53 Å². The molecule has 1 saturated heterocycles. The van der Waals surface area contributed by atoms with E-state index in [9.17, 15) is 9.90 Å². The molecular weight excluding hydrogens is 206 g/mol.